The zero-order valence-corrected chi connectivity index (χ0v) is 11.5. The van der Waals surface area contributed by atoms with Crippen LogP contribution in [0.1, 0.15) is 17.2 Å². The first kappa shape index (κ1) is 14.5. The molecule has 3 nitrogen and oxygen atoms in total. The molecule has 0 saturated heterocycles. The standard InChI is InChI=1S/C16H19FN2O/c1-20-11-12-3-2-4-13(9-12)16(10-18)19-15-7-5-14(17)6-8-15/h2-9,16,19H,10-11,18H2,1H3. The molecule has 0 radical (unpaired) electrons. The molecule has 2 aromatic rings. The van der Waals surface area contributed by atoms with E-state index in [0.29, 0.717) is 13.2 Å². The second-order valence-electron chi connectivity index (χ2n) is 4.62. The quantitative estimate of drug-likeness (QED) is 0.851. The average Bonchev–Trinajstić information content (AvgIpc) is 2.47. The van der Waals surface area contributed by atoms with Crippen molar-refractivity contribution in [3.8, 4) is 0 Å². The highest BCUT2D eigenvalue weighted by molar-refractivity contribution is 5.46. The van der Waals surface area contributed by atoms with Crippen LogP contribution in [0.3, 0.4) is 0 Å². The van der Waals surface area contributed by atoms with Gasteiger partial charge in [-0.25, -0.2) is 4.39 Å². The van der Waals surface area contributed by atoms with Crippen LogP contribution in [0, 0.1) is 5.82 Å². The molecule has 4 heteroatoms. The summed E-state index contributed by atoms with van der Waals surface area (Å²) in [5, 5.41) is 3.31. The van der Waals surface area contributed by atoms with E-state index in [0.717, 1.165) is 16.8 Å². The molecule has 0 saturated carbocycles. The molecule has 0 aliphatic carbocycles. The first-order valence-corrected chi connectivity index (χ1v) is 6.53. The first-order valence-electron chi connectivity index (χ1n) is 6.53. The summed E-state index contributed by atoms with van der Waals surface area (Å²) in [6, 6.07) is 14.3. The van der Waals surface area contributed by atoms with Gasteiger partial charge in [-0.05, 0) is 35.4 Å². The minimum Gasteiger partial charge on any atom is -0.380 e. The van der Waals surface area contributed by atoms with Gasteiger partial charge in [0, 0.05) is 19.3 Å². The number of nitrogens with one attached hydrogen (secondary N) is 1. The van der Waals surface area contributed by atoms with Gasteiger partial charge in [-0.15, -0.1) is 0 Å². The van der Waals surface area contributed by atoms with Crippen molar-refractivity contribution in [1.82, 2.24) is 0 Å². The highest BCUT2D eigenvalue weighted by Gasteiger charge is 2.10. The largest absolute Gasteiger partial charge is 0.380 e. The second kappa shape index (κ2) is 7.03. The van der Waals surface area contributed by atoms with Gasteiger partial charge in [0.2, 0.25) is 0 Å². The van der Waals surface area contributed by atoms with E-state index in [2.05, 4.69) is 11.4 Å². The van der Waals surface area contributed by atoms with E-state index in [-0.39, 0.29) is 11.9 Å². The Kier molecular flexibility index (Phi) is 5.09. The number of hydrogen-bond donors (Lipinski definition) is 2. The maximum Gasteiger partial charge on any atom is 0.123 e. The van der Waals surface area contributed by atoms with E-state index in [1.54, 1.807) is 19.2 Å². The lowest BCUT2D eigenvalue weighted by atomic mass is 10.0. The first-order chi connectivity index (χ1) is 9.72. The number of ether oxygens (including phenoxy) is 1. The smallest absolute Gasteiger partial charge is 0.123 e. The van der Waals surface area contributed by atoms with Crippen molar-refractivity contribution in [2.24, 2.45) is 5.73 Å². The molecule has 0 heterocycles. The van der Waals surface area contributed by atoms with Gasteiger partial charge in [-0.3, -0.25) is 0 Å². The minimum atomic E-state index is -0.248. The van der Waals surface area contributed by atoms with Gasteiger partial charge in [-0.2, -0.15) is 0 Å². The molecule has 0 amide bonds. The molecule has 0 bridgehead atoms. The summed E-state index contributed by atoms with van der Waals surface area (Å²) in [6.45, 7) is 1.02. The lowest BCUT2D eigenvalue weighted by Gasteiger charge is -2.19. The monoisotopic (exact) mass is 274 g/mol. The fourth-order valence-electron chi connectivity index (χ4n) is 2.09. The second-order valence-corrected chi connectivity index (χ2v) is 4.62. The third-order valence-corrected chi connectivity index (χ3v) is 3.09. The van der Waals surface area contributed by atoms with Crippen molar-refractivity contribution in [2.75, 3.05) is 19.0 Å². The summed E-state index contributed by atoms with van der Waals surface area (Å²) in [5.74, 6) is -0.248. The Morgan fingerprint density at radius 3 is 2.60 bits per heavy atom. The van der Waals surface area contributed by atoms with Crippen LogP contribution in [0.25, 0.3) is 0 Å². The van der Waals surface area contributed by atoms with E-state index < -0.39 is 0 Å². The molecule has 1 unspecified atom stereocenters. The molecule has 3 N–H and O–H groups in total. The van der Waals surface area contributed by atoms with Gasteiger partial charge in [0.25, 0.3) is 0 Å². The predicted molar refractivity (Wildman–Crippen MR) is 79.0 cm³/mol. The Labute approximate surface area is 118 Å². The molecule has 2 rings (SSSR count). The van der Waals surface area contributed by atoms with Gasteiger partial charge in [-0.1, -0.05) is 24.3 Å². The van der Waals surface area contributed by atoms with Crippen LogP contribution >= 0.6 is 0 Å². The van der Waals surface area contributed by atoms with Crippen molar-refractivity contribution in [3.63, 3.8) is 0 Å². The van der Waals surface area contributed by atoms with E-state index in [1.807, 2.05) is 18.2 Å². The van der Waals surface area contributed by atoms with Crippen LogP contribution in [0.5, 0.6) is 0 Å². The molecule has 0 aliphatic heterocycles. The topological polar surface area (TPSA) is 47.3 Å². The minimum absolute atomic E-state index is 0.0164. The lowest BCUT2D eigenvalue weighted by Crippen LogP contribution is -2.20. The molecule has 2 aromatic carbocycles. The van der Waals surface area contributed by atoms with Gasteiger partial charge in [0.05, 0.1) is 12.6 Å². The van der Waals surface area contributed by atoms with Crippen molar-refractivity contribution in [1.29, 1.82) is 0 Å². The molecule has 0 aromatic heterocycles. The number of nitrogens with two attached hydrogens (primary N) is 1. The van der Waals surface area contributed by atoms with Crippen LogP contribution in [0.2, 0.25) is 0 Å². The Morgan fingerprint density at radius 2 is 1.95 bits per heavy atom. The molecular weight excluding hydrogens is 255 g/mol. The molecule has 20 heavy (non-hydrogen) atoms. The normalized spacial score (nSPS) is 12.2. The number of anilines is 1. The maximum absolute atomic E-state index is 12.9. The number of hydrogen-bond acceptors (Lipinski definition) is 3. The summed E-state index contributed by atoms with van der Waals surface area (Å²) in [5.41, 5.74) is 8.88. The summed E-state index contributed by atoms with van der Waals surface area (Å²) in [7, 11) is 1.67. The highest BCUT2D eigenvalue weighted by atomic mass is 19.1. The van der Waals surface area contributed by atoms with Crippen molar-refractivity contribution in [2.45, 2.75) is 12.6 Å². The Balaban J connectivity index is 2.15. The Morgan fingerprint density at radius 1 is 1.20 bits per heavy atom. The summed E-state index contributed by atoms with van der Waals surface area (Å²) < 4.78 is 18.0. The summed E-state index contributed by atoms with van der Waals surface area (Å²) >= 11 is 0. The average molecular weight is 274 g/mol. The Hall–Kier alpha value is -1.91. The van der Waals surface area contributed by atoms with Crippen molar-refractivity contribution >= 4 is 5.69 Å². The number of rotatable bonds is 6. The fourth-order valence-corrected chi connectivity index (χ4v) is 2.09. The van der Waals surface area contributed by atoms with Crippen LogP contribution in [0.15, 0.2) is 48.5 Å². The number of benzene rings is 2. The van der Waals surface area contributed by atoms with Gasteiger partial charge in [0.15, 0.2) is 0 Å². The van der Waals surface area contributed by atoms with Gasteiger partial charge in [0.1, 0.15) is 5.82 Å². The van der Waals surface area contributed by atoms with Crippen LogP contribution < -0.4 is 11.1 Å². The lowest BCUT2D eigenvalue weighted by molar-refractivity contribution is 0.185. The Bertz CT molecular complexity index is 542. The van der Waals surface area contributed by atoms with Gasteiger partial charge < -0.3 is 15.8 Å². The molecule has 1 atom stereocenters. The van der Waals surface area contributed by atoms with E-state index in [1.165, 1.54) is 12.1 Å². The van der Waals surface area contributed by atoms with Gasteiger partial charge >= 0.3 is 0 Å². The third kappa shape index (κ3) is 3.79. The zero-order valence-electron chi connectivity index (χ0n) is 11.5. The van der Waals surface area contributed by atoms with E-state index in [4.69, 9.17) is 10.5 Å². The van der Waals surface area contributed by atoms with Crippen LogP contribution in [-0.2, 0) is 11.3 Å². The van der Waals surface area contributed by atoms with Crippen LogP contribution in [0.4, 0.5) is 10.1 Å². The van der Waals surface area contributed by atoms with Crippen molar-refractivity contribution < 1.29 is 9.13 Å². The summed E-state index contributed by atoms with van der Waals surface area (Å²) in [6.07, 6.45) is 0. The summed E-state index contributed by atoms with van der Waals surface area (Å²) in [4.78, 5) is 0. The fraction of sp³-hybridized carbons (Fsp3) is 0.250. The molecular formula is C16H19FN2O. The number of methoxy groups -OCH3 is 1. The molecule has 0 fully saturated rings. The van der Waals surface area contributed by atoms with E-state index >= 15 is 0 Å². The predicted octanol–water partition coefficient (Wildman–Crippen LogP) is 3.08. The maximum atomic E-state index is 12.9. The number of halogens is 1. The third-order valence-electron chi connectivity index (χ3n) is 3.09. The molecule has 0 spiro atoms. The van der Waals surface area contributed by atoms with Crippen LogP contribution in [-0.4, -0.2) is 13.7 Å². The van der Waals surface area contributed by atoms with Crippen molar-refractivity contribution in [3.05, 3.63) is 65.5 Å². The SMILES string of the molecule is COCc1cccc(C(CN)Nc2ccc(F)cc2)c1. The van der Waals surface area contributed by atoms with E-state index in [9.17, 15) is 4.39 Å². The molecule has 0 aliphatic rings. The zero-order chi connectivity index (χ0) is 14.4. The highest BCUT2D eigenvalue weighted by Crippen LogP contribution is 2.20. The molecule has 106 valence electrons.